The molecule has 0 heterocycles. The summed E-state index contributed by atoms with van der Waals surface area (Å²) < 4.78 is 10.1. The first kappa shape index (κ1) is 13.5. The van der Waals surface area contributed by atoms with Gasteiger partial charge in [-0.3, -0.25) is 4.79 Å². The molecule has 0 spiro atoms. The summed E-state index contributed by atoms with van der Waals surface area (Å²) in [5.74, 6) is 0.210. The molecule has 0 aliphatic rings. The Bertz CT molecular complexity index is 389. The van der Waals surface area contributed by atoms with E-state index in [1.54, 1.807) is 45.2 Å². The quantitative estimate of drug-likeness (QED) is 0.790. The zero-order chi connectivity index (χ0) is 12.9. The molecule has 0 radical (unpaired) electrons. The van der Waals surface area contributed by atoms with Gasteiger partial charge in [-0.2, -0.15) is 0 Å². The molecular weight excluding hydrogens is 220 g/mol. The summed E-state index contributed by atoms with van der Waals surface area (Å²) in [5.41, 5.74) is -0.373. The molecule has 0 saturated carbocycles. The second-order valence-corrected chi connectivity index (χ2v) is 3.94. The van der Waals surface area contributed by atoms with Gasteiger partial charge in [0.1, 0.15) is 11.2 Å². The number of benzene rings is 1. The predicted molar refractivity (Wildman–Crippen MR) is 64.1 cm³/mol. The Labute approximate surface area is 101 Å². The number of ether oxygens (including phenoxy) is 2. The van der Waals surface area contributed by atoms with Gasteiger partial charge in [-0.1, -0.05) is 12.1 Å². The smallest absolute Gasteiger partial charge is 0.318 e. The number of hydrogen-bond acceptors (Lipinski definition) is 4. The highest BCUT2D eigenvalue weighted by Crippen LogP contribution is 2.27. The largest absolute Gasteiger partial charge is 0.497 e. The highest BCUT2D eigenvalue weighted by Gasteiger charge is 2.36. The molecule has 0 aliphatic heterocycles. The molecule has 1 rings (SSSR count). The number of hydrogen-bond donors (Lipinski definition) is 1. The van der Waals surface area contributed by atoms with Crippen LogP contribution in [0.15, 0.2) is 24.3 Å². The first-order chi connectivity index (χ1) is 8.08. The number of carbonyl (C=O) groups is 1. The van der Waals surface area contributed by atoms with E-state index in [9.17, 15) is 9.90 Å². The second-order valence-electron chi connectivity index (χ2n) is 3.94. The van der Waals surface area contributed by atoms with Crippen molar-refractivity contribution >= 4 is 5.97 Å². The summed E-state index contributed by atoms with van der Waals surface area (Å²) >= 11 is 0. The third-order valence-electron chi connectivity index (χ3n) is 2.75. The minimum atomic E-state index is -1.05. The monoisotopic (exact) mass is 238 g/mol. The zero-order valence-corrected chi connectivity index (χ0v) is 10.4. The van der Waals surface area contributed by atoms with Crippen LogP contribution in [0.1, 0.15) is 19.4 Å². The van der Waals surface area contributed by atoms with E-state index in [-0.39, 0.29) is 6.61 Å². The van der Waals surface area contributed by atoms with Crippen LogP contribution in [0.2, 0.25) is 0 Å². The van der Waals surface area contributed by atoms with Gasteiger partial charge in [-0.15, -0.1) is 0 Å². The lowest BCUT2D eigenvalue weighted by Gasteiger charge is -2.25. The average molecular weight is 238 g/mol. The maximum Gasteiger partial charge on any atom is 0.318 e. The molecule has 17 heavy (non-hydrogen) atoms. The second kappa shape index (κ2) is 5.68. The minimum Gasteiger partial charge on any atom is -0.497 e. The number of aliphatic hydroxyl groups excluding tert-OH is 1. The molecule has 94 valence electrons. The fraction of sp³-hybridized carbons (Fsp3) is 0.462. The van der Waals surface area contributed by atoms with E-state index in [0.29, 0.717) is 17.9 Å². The van der Waals surface area contributed by atoms with Crippen LogP contribution in [0.3, 0.4) is 0 Å². The van der Waals surface area contributed by atoms with Crippen molar-refractivity contribution in [1.82, 2.24) is 0 Å². The summed E-state index contributed by atoms with van der Waals surface area (Å²) in [4.78, 5) is 11.9. The lowest BCUT2D eigenvalue weighted by molar-refractivity contribution is -0.151. The van der Waals surface area contributed by atoms with Crippen LogP contribution in [0.5, 0.6) is 5.75 Å². The van der Waals surface area contributed by atoms with E-state index in [2.05, 4.69) is 0 Å². The SMILES string of the molecule is CCOC(=O)[C@](C)(CO)c1cccc(OC)c1. The van der Waals surface area contributed by atoms with Gasteiger partial charge in [-0.05, 0) is 31.5 Å². The summed E-state index contributed by atoms with van der Waals surface area (Å²) in [6.07, 6.45) is 0. The van der Waals surface area contributed by atoms with Gasteiger partial charge < -0.3 is 14.6 Å². The van der Waals surface area contributed by atoms with Crippen molar-refractivity contribution < 1.29 is 19.4 Å². The minimum absolute atomic E-state index is 0.290. The van der Waals surface area contributed by atoms with Crippen molar-refractivity contribution in [1.29, 1.82) is 0 Å². The fourth-order valence-corrected chi connectivity index (χ4v) is 1.53. The van der Waals surface area contributed by atoms with E-state index in [4.69, 9.17) is 9.47 Å². The number of methoxy groups -OCH3 is 1. The molecule has 0 saturated heterocycles. The van der Waals surface area contributed by atoms with Crippen molar-refractivity contribution in [2.45, 2.75) is 19.3 Å². The first-order valence-electron chi connectivity index (χ1n) is 5.51. The Morgan fingerprint density at radius 1 is 1.47 bits per heavy atom. The van der Waals surface area contributed by atoms with Crippen molar-refractivity contribution in [2.75, 3.05) is 20.3 Å². The highest BCUT2D eigenvalue weighted by atomic mass is 16.5. The van der Waals surface area contributed by atoms with Crippen molar-refractivity contribution in [3.8, 4) is 5.75 Å². The Morgan fingerprint density at radius 2 is 2.18 bits per heavy atom. The molecule has 1 aromatic carbocycles. The van der Waals surface area contributed by atoms with Crippen molar-refractivity contribution in [2.24, 2.45) is 0 Å². The van der Waals surface area contributed by atoms with Gasteiger partial charge >= 0.3 is 5.97 Å². The van der Waals surface area contributed by atoms with Gasteiger partial charge in [-0.25, -0.2) is 0 Å². The van der Waals surface area contributed by atoms with Gasteiger partial charge in [0.25, 0.3) is 0 Å². The standard InChI is InChI=1S/C13H18O4/c1-4-17-12(15)13(2,9-14)10-6-5-7-11(8-10)16-3/h5-8,14H,4,9H2,1-3H3/t13-/m1/s1. The molecule has 0 unspecified atom stereocenters. The normalized spacial score (nSPS) is 13.9. The van der Waals surface area contributed by atoms with E-state index in [1.165, 1.54) is 0 Å². The highest BCUT2D eigenvalue weighted by molar-refractivity contribution is 5.83. The number of aliphatic hydroxyl groups is 1. The van der Waals surface area contributed by atoms with Crippen LogP contribution in [0.25, 0.3) is 0 Å². The Hall–Kier alpha value is -1.55. The molecule has 4 heteroatoms. The molecule has 0 fully saturated rings. The lowest BCUT2D eigenvalue weighted by atomic mass is 9.83. The van der Waals surface area contributed by atoms with E-state index in [1.807, 2.05) is 0 Å². The zero-order valence-electron chi connectivity index (χ0n) is 10.4. The third-order valence-corrected chi connectivity index (χ3v) is 2.75. The fourth-order valence-electron chi connectivity index (χ4n) is 1.53. The van der Waals surface area contributed by atoms with Crippen LogP contribution in [0, 0.1) is 0 Å². The van der Waals surface area contributed by atoms with E-state index >= 15 is 0 Å². The number of rotatable bonds is 5. The molecule has 1 N–H and O–H groups in total. The summed E-state index contributed by atoms with van der Waals surface area (Å²) in [7, 11) is 1.56. The Kier molecular flexibility index (Phi) is 4.52. The first-order valence-corrected chi connectivity index (χ1v) is 5.51. The molecule has 0 aliphatic carbocycles. The molecule has 0 bridgehead atoms. The predicted octanol–water partition coefficient (Wildman–Crippen LogP) is 1.51. The van der Waals surface area contributed by atoms with Crippen LogP contribution in [-0.4, -0.2) is 31.4 Å². The van der Waals surface area contributed by atoms with Gasteiger partial charge in [0, 0.05) is 0 Å². The van der Waals surface area contributed by atoms with E-state index < -0.39 is 11.4 Å². The average Bonchev–Trinajstić information content (AvgIpc) is 2.38. The van der Waals surface area contributed by atoms with Crippen LogP contribution in [-0.2, 0) is 14.9 Å². The van der Waals surface area contributed by atoms with Crippen molar-refractivity contribution in [3.05, 3.63) is 29.8 Å². The molecular formula is C13H18O4. The maximum absolute atomic E-state index is 11.9. The third kappa shape index (κ3) is 2.77. The van der Waals surface area contributed by atoms with Crippen LogP contribution in [0.4, 0.5) is 0 Å². The number of carbonyl (C=O) groups excluding carboxylic acids is 1. The van der Waals surface area contributed by atoms with Crippen LogP contribution >= 0.6 is 0 Å². The molecule has 0 aromatic heterocycles. The number of esters is 1. The van der Waals surface area contributed by atoms with Crippen molar-refractivity contribution in [3.63, 3.8) is 0 Å². The maximum atomic E-state index is 11.9. The Morgan fingerprint density at radius 3 is 2.71 bits per heavy atom. The molecule has 1 atom stereocenters. The van der Waals surface area contributed by atoms with Gasteiger partial charge in [0.15, 0.2) is 0 Å². The van der Waals surface area contributed by atoms with Crippen LogP contribution < -0.4 is 4.74 Å². The van der Waals surface area contributed by atoms with Gasteiger partial charge in [0.05, 0.1) is 20.3 Å². The molecule has 0 amide bonds. The summed E-state index contributed by atoms with van der Waals surface area (Å²) in [6.45, 7) is 3.37. The molecule has 1 aromatic rings. The molecule has 4 nitrogen and oxygen atoms in total. The Balaban J connectivity index is 3.10. The topological polar surface area (TPSA) is 55.8 Å². The van der Waals surface area contributed by atoms with Gasteiger partial charge in [0.2, 0.25) is 0 Å². The summed E-state index contributed by atoms with van der Waals surface area (Å²) in [6, 6.07) is 7.07. The summed E-state index contributed by atoms with van der Waals surface area (Å²) in [5, 5.41) is 9.46. The lowest BCUT2D eigenvalue weighted by Crippen LogP contribution is -2.38. The van der Waals surface area contributed by atoms with E-state index in [0.717, 1.165) is 0 Å².